The third-order valence-corrected chi connectivity index (χ3v) is 5.54. The van der Waals surface area contributed by atoms with Crippen LogP contribution in [-0.4, -0.2) is 22.0 Å². The maximum atomic E-state index is 12.5. The Balaban J connectivity index is 1.42. The highest BCUT2D eigenvalue weighted by Crippen LogP contribution is 2.25. The largest absolute Gasteiger partial charge is 0.354 e. The fraction of sp³-hybridized carbons (Fsp3) is 0.200. The molecule has 0 aliphatic carbocycles. The maximum absolute atomic E-state index is 12.5. The second-order valence-corrected chi connectivity index (χ2v) is 7.03. The molecule has 0 aliphatic rings. The molecule has 4 aromatic rings. The van der Waals surface area contributed by atoms with E-state index in [1.807, 2.05) is 35.8 Å². The lowest BCUT2D eigenvalue weighted by atomic mass is 10.1. The van der Waals surface area contributed by atoms with E-state index in [1.54, 1.807) is 17.7 Å². The van der Waals surface area contributed by atoms with E-state index in [4.69, 9.17) is 0 Å². The Hall–Kier alpha value is -2.66. The predicted octanol–water partition coefficient (Wildman–Crippen LogP) is 4.17. The van der Waals surface area contributed by atoms with Crippen LogP contribution >= 0.6 is 11.3 Å². The Kier molecular flexibility index (Phi) is 4.24. The van der Waals surface area contributed by atoms with Crippen LogP contribution in [0.3, 0.4) is 0 Å². The second-order valence-electron chi connectivity index (χ2n) is 6.11. The molecule has 0 aliphatic heterocycles. The normalized spacial score (nSPS) is 12.5. The summed E-state index contributed by atoms with van der Waals surface area (Å²) in [7, 11) is 0. The van der Waals surface area contributed by atoms with Gasteiger partial charge < -0.3 is 9.88 Å². The molecule has 1 atom stereocenters. The number of hydrogen-bond donors (Lipinski definition) is 1. The van der Waals surface area contributed by atoms with Gasteiger partial charge in [0.15, 0.2) is 0 Å². The molecule has 0 fully saturated rings. The van der Waals surface area contributed by atoms with Gasteiger partial charge in [-0.05, 0) is 47.9 Å². The molecule has 2 aromatic carbocycles. The first-order valence-corrected chi connectivity index (χ1v) is 9.26. The zero-order valence-corrected chi connectivity index (χ0v) is 14.8. The zero-order chi connectivity index (χ0) is 17.2. The minimum atomic E-state index is -0.286. The molecule has 0 bridgehead atoms. The highest BCUT2D eigenvalue weighted by Gasteiger charge is 2.16. The number of nitrogens with one attached hydrogen (secondary N) is 1. The molecule has 126 valence electrons. The van der Waals surface area contributed by atoms with Gasteiger partial charge in [0.25, 0.3) is 0 Å². The van der Waals surface area contributed by atoms with Crippen molar-refractivity contribution in [3.8, 4) is 0 Å². The lowest BCUT2D eigenvalue weighted by Gasteiger charge is -2.14. The van der Waals surface area contributed by atoms with Gasteiger partial charge >= 0.3 is 0 Å². The molecule has 5 heteroatoms. The number of thiophene rings is 1. The van der Waals surface area contributed by atoms with Crippen LogP contribution in [0.5, 0.6) is 0 Å². The number of carbonyl (C=O) groups is 1. The number of nitrogens with zero attached hydrogens (tertiary/aromatic N) is 2. The maximum Gasteiger partial charge on any atom is 0.242 e. The highest BCUT2D eigenvalue weighted by molar-refractivity contribution is 7.17. The molecule has 4 nitrogen and oxygen atoms in total. The van der Waals surface area contributed by atoms with E-state index in [1.165, 1.54) is 15.6 Å². The number of carbonyl (C=O) groups excluding carboxylic acids is 1. The fourth-order valence-electron chi connectivity index (χ4n) is 3.11. The van der Waals surface area contributed by atoms with E-state index in [0.717, 1.165) is 17.5 Å². The molecule has 4 rings (SSSR count). The van der Waals surface area contributed by atoms with Crippen LogP contribution in [0, 0.1) is 0 Å². The van der Waals surface area contributed by atoms with E-state index in [2.05, 4.69) is 39.9 Å². The number of rotatable bonds is 5. The van der Waals surface area contributed by atoms with Crippen LogP contribution in [0.1, 0.15) is 18.5 Å². The number of imidazole rings is 1. The third kappa shape index (κ3) is 3.03. The second kappa shape index (κ2) is 6.69. The van der Waals surface area contributed by atoms with Crippen molar-refractivity contribution in [1.82, 2.24) is 14.9 Å². The van der Waals surface area contributed by atoms with Crippen molar-refractivity contribution < 1.29 is 4.79 Å². The van der Waals surface area contributed by atoms with E-state index in [9.17, 15) is 4.79 Å². The summed E-state index contributed by atoms with van der Waals surface area (Å²) in [5.41, 5.74) is 3.18. The van der Waals surface area contributed by atoms with Gasteiger partial charge in [0.05, 0.1) is 17.4 Å². The lowest BCUT2D eigenvalue weighted by molar-refractivity contribution is -0.123. The summed E-state index contributed by atoms with van der Waals surface area (Å²) < 4.78 is 3.21. The molecular weight excluding hydrogens is 330 g/mol. The first kappa shape index (κ1) is 15.8. The van der Waals surface area contributed by atoms with Gasteiger partial charge in [-0.25, -0.2) is 4.98 Å². The predicted molar refractivity (Wildman–Crippen MR) is 103 cm³/mol. The Morgan fingerprint density at radius 3 is 2.92 bits per heavy atom. The van der Waals surface area contributed by atoms with E-state index < -0.39 is 0 Å². The number of amides is 1. The van der Waals surface area contributed by atoms with Crippen LogP contribution in [0.25, 0.3) is 21.1 Å². The van der Waals surface area contributed by atoms with E-state index in [-0.39, 0.29) is 11.9 Å². The SMILES string of the molecule is CC(C(=O)NCCc1csc2ccccc12)n1cnc2ccccc21. The topological polar surface area (TPSA) is 46.9 Å². The van der Waals surface area contributed by atoms with Gasteiger partial charge in [-0.2, -0.15) is 0 Å². The van der Waals surface area contributed by atoms with Crippen molar-refractivity contribution in [2.75, 3.05) is 6.54 Å². The van der Waals surface area contributed by atoms with Gasteiger partial charge in [0, 0.05) is 11.2 Å². The molecular formula is C20H19N3OS. The van der Waals surface area contributed by atoms with Crippen molar-refractivity contribution in [2.45, 2.75) is 19.4 Å². The number of para-hydroxylation sites is 2. The minimum absolute atomic E-state index is 0.0164. The van der Waals surface area contributed by atoms with Gasteiger partial charge in [0.1, 0.15) is 6.04 Å². The standard InChI is InChI=1S/C20H19N3OS/c1-14(23-13-22-17-7-3-4-8-18(17)23)20(24)21-11-10-15-12-25-19-9-5-2-6-16(15)19/h2-9,12-14H,10-11H2,1H3,(H,21,24). The number of benzene rings is 2. The van der Waals surface area contributed by atoms with Crippen molar-refractivity contribution in [2.24, 2.45) is 0 Å². The van der Waals surface area contributed by atoms with Crippen LogP contribution < -0.4 is 5.32 Å². The van der Waals surface area contributed by atoms with Crippen molar-refractivity contribution >= 4 is 38.4 Å². The van der Waals surface area contributed by atoms with Gasteiger partial charge in [-0.1, -0.05) is 30.3 Å². The lowest BCUT2D eigenvalue weighted by Crippen LogP contribution is -2.32. The van der Waals surface area contributed by atoms with Gasteiger partial charge in [-0.15, -0.1) is 11.3 Å². The molecule has 1 N–H and O–H groups in total. The number of fused-ring (bicyclic) bond motifs is 2. The molecule has 2 heterocycles. The van der Waals surface area contributed by atoms with Crippen molar-refractivity contribution in [3.63, 3.8) is 0 Å². The summed E-state index contributed by atoms with van der Waals surface area (Å²) in [4.78, 5) is 16.9. The number of aromatic nitrogens is 2. The Morgan fingerprint density at radius 2 is 2.00 bits per heavy atom. The molecule has 2 aromatic heterocycles. The highest BCUT2D eigenvalue weighted by atomic mass is 32.1. The summed E-state index contributed by atoms with van der Waals surface area (Å²) in [6.45, 7) is 2.54. The quantitative estimate of drug-likeness (QED) is 0.588. The summed E-state index contributed by atoms with van der Waals surface area (Å²) in [6.07, 6.45) is 2.58. The summed E-state index contributed by atoms with van der Waals surface area (Å²) >= 11 is 1.75. The fourth-order valence-corrected chi connectivity index (χ4v) is 4.10. The average Bonchev–Trinajstić information content (AvgIpc) is 3.25. The molecule has 25 heavy (non-hydrogen) atoms. The molecule has 1 amide bonds. The summed E-state index contributed by atoms with van der Waals surface area (Å²) in [6, 6.07) is 16.0. The van der Waals surface area contributed by atoms with Crippen molar-refractivity contribution in [1.29, 1.82) is 0 Å². The van der Waals surface area contributed by atoms with Crippen LogP contribution in [0.2, 0.25) is 0 Å². The first-order valence-electron chi connectivity index (χ1n) is 8.38. The number of hydrogen-bond acceptors (Lipinski definition) is 3. The summed E-state index contributed by atoms with van der Waals surface area (Å²) in [5, 5.41) is 6.53. The third-order valence-electron chi connectivity index (χ3n) is 4.53. The molecule has 0 spiro atoms. The smallest absolute Gasteiger partial charge is 0.242 e. The van der Waals surface area contributed by atoms with Crippen LogP contribution in [-0.2, 0) is 11.2 Å². The Bertz CT molecular complexity index is 1030. The monoisotopic (exact) mass is 349 g/mol. The molecule has 0 radical (unpaired) electrons. The molecule has 0 saturated carbocycles. The van der Waals surface area contributed by atoms with E-state index in [0.29, 0.717) is 6.54 Å². The molecule has 1 unspecified atom stereocenters. The van der Waals surface area contributed by atoms with E-state index >= 15 is 0 Å². The Morgan fingerprint density at radius 1 is 1.20 bits per heavy atom. The average molecular weight is 349 g/mol. The molecule has 0 saturated heterocycles. The van der Waals surface area contributed by atoms with Crippen molar-refractivity contribution in [3.05, 3.63) is 65.8 Å². The van der Waals surface area contributed by atoms with Gasteiger partial charge in [0.2, 0.25) is 5.91 Å². The van der Waals surface area contributed by atoms with Crippen LogP contribution in [0.15, 0.2) is 60.2 Å². The van der Waals surface area contributed by atoms with Crippen LogP contribution in [0.4, 0.5) is 0 Å². The summed E-state index contributed by atoms with van der Waals surface area (Å²) in [5.74, 6) is 0.0164. The first-order chi connectivity index (χ1) is 12.2. The zero-order valence-electron chi connectivity index (χ0n) is 14.0. The van der Waals surface area contributed by atoms with Gasteiger partial charge in [-0.3, -0.25) is 4.79 Å². The minimum Gasteiger partial charge on any atom is -0.354 e. The Labute approximate surface area is 150 Å².